The average Bonchev–Trinajstić information content (AvgIpc) is 1.91. The van der Waals surface area contributed by atoms with Crippen molar-refractivity contribution in [1.82, 2.24) is 4.90 Å². The van der Waals surface area contributed by atoms with Gasteiger partial charge in [0.1, 0.15) is 0 Å². The highest BCUT2D eigenvalue weighted by atomic mass is 32.1. The van der Waals surface area contributed by atoms with Gasteiger partial charge in [-0.25, -0.2) is 0 Å². The molecule has 1 rings (SSSR count). The van der Waals surface area contributed by atoms with Crippen LogP contribution in [0.4, 0.5) is 0 Å². The number of rotatable bonds is 0. The largest absolute Gasteiger partial charge is 0.295 e. The molecular formula is C5H11NS. The van der Waals surface area contributed by atoms with Gasteiger partial charge >= 0.3 is 0 Å². The monoisotopic (exact) mass is 117 g/mol. The molecule has 1 unspecified atom stereocenters. The molecule has 1 atom stereocenters. The van der Waals surface area contributed by atoms with Gasteiger partial charge in [-0.3, -0.25) is 4.90 Å². The summed E-state index contributed by atoms with van der Waals surface area (Å²) in [6.07, 6.45) is 2.59. The van der Waals surface area contributed by atoms with E-state index >= 15 is 0 Å². The van der Waals surface area contributed by atoms with Crippen LogP contribution < -0.4 is 0 Å². The standard InChI is InChI=1S/C5H11NS/c1-6-4-2-3-5(6)7/h5,7H,2-4H2,1H3. The minimum Gasteiger partial charge on any atom is -0.295 e. The molecule has 0 radical (unpaired) electrons. The molecular weight excluding hydrogens is 106 g/mol. The van der Waals surface area contributed by atoms with Crippen molar-refractivity contribution in [2.24, 2.45) is 0 Å². The lowest BCUT2D eigenvalue weighted by molar-refractivity contribution is 0.393. The molecule has 0 amide bonds. The van der Waals surface area contributed by atoms with Gasteiger partial charge in [0.05, 0.1) is 5.37 Å². The molecule has 0 aromatic rings. The Labute approximate surface area is 50.1 Å². The van der Waals surface area contributed by atoms with E-state index in [1.54, 1.807) is 0 Å². The van der Waals surface area contributed by atoms with Crippen molar-refractivity contribution in [2.45, 2.75) is 18.2 Å². The van der Waals surface area contributed by atoms with Crippen LogP contribution in [-0.4, -0.2) is 23.9 Å². The quantitative estimate of drug-likeness (QED) is 0.463. The molecule has 1 fully saturated rings. The van der Waals surface area contributed by atoms with Crippen molar-refractivity contribution in [3.63, 3.8) is 0 Å². The van der Waals surface area contributed by atoms with Crippen LogP contribution in [0, 0.1) is 0 Å². The molecule has 0 aromatic heterocycles. The Morgan fingerprint density at radius 3 is 2.57 bits per heavy atom. The van der Waals surface area contributed by atoms with Crippen LogP contribution in [0.25, 0.3) is 0 Å². The van der Waals surface area contributed by atoms with Crippen LogP contribution in [0.15, 0.2) is 0 Å². The normalized spacial score (nSPS) is 34.3. The van der Waals surface area contributed by atoms with Crippen LogP contribution >= 0.6 is 12.6 Å². The van der Waals surface area contributed by atoms with Crippen LogP contribution in [0.3, 0.4) is 0 Å². The summed E-state index contributed by atoms with van der Waals surface area (Å²) in [5.41, 5.74) is 0. The van der Waals surface area contributed by atoms with E-state index in [1.807, 2.05) is 0 Å². The Hall–Kier alpha value is 0.310. The second-order valence-corrected chi connectivity index (χ2v) is 2.70. The summed E-state index contributed by atoms with van der Waals surface area (Å²) in [6, 6.07) is 0. The first-order valence-electron chi connectivity index (χ1n) is 2.69. The third kappa shape index (κ3) is 1.10. The van der Waals surface area contributed by atoms with E-state index in [0.717, 1.165) is 0 Å². The summed E-state index contributed by atoms with van der Waals surface area (Å²) in [5, 5.41) is 0.542. The van der Waals surface area contributed by atoms with Gasteiger partial charge < -0.3 is 0 Å². The van der Waals surface area contributed by atoms with Gasteiger partial charge in [0.2, 0.25) is 0 Å². The molecule has 42 valence electrons. The fourth-order valence-electron chi connectivity index (χ4n) is 0.893. The lowest BCUT2D eigenvalue weighted by atomic mass is 10.4. The smallest absolute Gasteiger partial charge is 0.0525 e. The van der Waals surface area contributed by atoms with Gasteiger partial charge in [-0.2, -0.15) is 12.6 Å². The molecule has 1 nitrogen and oxygen atoms in total. The Morgan fingerprint density at radius 1 is 1.71 bits per heavy atom. The van der Waals surface area contributed by atoms with E-state index in [0.29, 0.717) is 5.37 Å². The van der Waals surface area contributed by atoms with Gasteiger partial charge in [0.25, 0.3) is 0 Å². The first-order chi connectivity index (χ1) is 3.30. The molecule has 0 spiro atoms. The Bertz CT molecular complexity index is 57.1. The lowest BCUT2D eigenvalue weighted by Gasteiger charge is -2.11. The number of hydrogen-bond donors (Lipinski definition) is 1. The number of likely N-dealkylation sites (tertiary alicyclic amines) is 1. The van der Waals surface area contributed by atoms with Crippen molar-refractivity contribution in [1.29, 1.82) is 0 Å². The highest BCUT2D eigenvalue weighted by Crippen LogP contribution is 2.16. The van der Waals surface area contributed by atoms with Gasteiger partial charge in [-0.15, -0.1) is 0 Å². The lowest BCUT2D eigenvalue weighted by Crippen LogP contribution is -2.18. The zero-order chi connectivity index (χ0) is 5.28. The summed E-state index contributed by atoms with van der Waals surface area (Å²) in [4.78, 5) is 2.27. The minimum atomic E-state index is 0.542. The zero-order valence-corrected chi connectivity index (χ0v) is 5.49. The van der Waals surface area contributed by atoms with E-state index in [4.69, 9.17) is 0 Å². The molecule has 0 aliphatic carbocycles. The summed E-state index contributed by atoms with van der Waals surface area (Å²) in [7, 11) is 2.12. The third-order valence-electron chi connectivity index (χ3n) is 1.48. The maximum Gasteiger partial charge on any atom is 0.0525 e. The van der Waals surface area contributed by atoms with E-state index < -0.39 is 0 Å². The van der Waals surface area contributed by atoms with E-state index in [9.17, 15) is 0 Å². The Morgan fingerprint density at radius 2 is 2.43 bits per heavy atom. The molecule has 1 aliphatic heterocycles. The SMILES string of the molecule is CN1CCCC1S. The first-order valence-corrected chi connectivity index (χ1v) is 3.20. The molecule has 0 aromatic carbocycles. The molecule has 1 heterocycles. The summed E-state index contributed by atoms with van der Waals surface area (Å²) < 4.78 is 0. The first kappa shape index (κ1) is 5.45. The molecule has 0 N–H and O–H groups in total. The van der Waals surface area contributed by atoms with Crippen molar-refractivity contribution in [3.8, 4) is 0 Å². The highest BCUT2D eigenvalue weighted by molar-refractivity contribution is 7.80. The summed E-state index contributed by atoms with van der Waals surface area (Å²) in [6.45, 7) is 1.23. The van der Waals surface area contributed by atoms with Crippen molar-refractivity contribution in [3.05, 3.63) is 0 Å². The predicted octanol–water partition coefficient (Wildman–Crippen LogP) is 0.968. The number of hydrogen-bond acceptors (Lipinski definition) is 2. The topological polar surface area (TPSA) is 3.24 Å². The van der Waals surface area contributed by atoms with Crippen molar-refractivity contribution < 1.29 is 0 Å². The van der Waals surface area contributed by atoms with Crippen LogP contribution in [-0.2, 0) is 0 Å². The number of thiol groups is 1. The third-order valence-corrected chi connectivity index (χ3v) is 2.13. The molecule has 7 heavy (non-hydrogen) atoms. The second kappa shape index (κ2) is 2.05. The van der Waals surface area contributed by atoms with Crippen LogP contribution in [0.2, 0.25) is 0 Å². The maximum absolute atomic E-state index is 4.31. The van der Waals surface area contributed by atoms with Crippen LogP contribution in [0.1, 0.15) is 12.8 Å². The zero-order valence-electron chi connectivity index (χ0n) is 4.59. The number of nitrogens with zero attached hydrogens (tertiary/aromatic N) is 1. The van der Waals surface area contributed by atoms with E-state index in [1.165, 1.54) is 19.4 Å². The van der Waals surface area contributed by atoms with E-state index in [-0.39, 0.29) is 0 Å². The van der Waals surface area contributed by atoms with Gasteiger partial charge in [-0.1, -0.05) is 0 Å². The summed E-state index contributed by atoms with van der Waals surface area (Å²) in [5.74, 6) is 0. The Kier molecular flexibility index (Phi) is 1.60. The van der Waals surface area contributed by atoms with E-state index in [2.05, 4.69) is 24.6 Å². The molecule has 1 saturated heterocycles. The fourth-order valence-corrected chi connectivity index (χ4v) is 1.19. The average molecular weight is 117 g/mol. The van der Waals surface area contributed by atoms with Gasteiger partial charge in [-0.05, 0) is 26.4 Å². The van der Waals surface area contributed by atoms with Crippen molar-refractivity contribution >= 4 is 12.6 Å². The molecule has 0 bridgehead atoms. The molecule has 1 aliphatic rings. The van der Waals surface area contributed by atoms with Gasteiger partial charge in [0, 0.05) is 0 Å². The second-order valence-electron chi connectivity index (χ2n) is 2.10. The van der Waals surface area contributed by atoms with Gasteiger partial charge in [0.15, 0.2) is 0 Å². The fraction of sp³-hybridized carbons (Fsp3) is 1.00. The summed E-state index contributed by atoms with van der Waals surface area (Å²) >= 11 is 4.31. The van der Waals surface area contributed by atoms with Crippen LogP contribution in [0.5, 0.6) is 0 Å². The van der Waals surface area contributed by atoms with Crippen molar-refractivity contribution in [2.75, 3.05) is 13.6 Å². The minimum absolute atomic E-state index is 0.542. The molecule has 0 saturated carbocycles. The highest BCUT2D eigenvalue weighted by Gasteiger charge is 2.15. The predicted molar refractivity (Wildman–Crippen MR) is 34.6 cm³/mol. The maximum atomic E-state index is 4.31. The molecule has 2 heteroatoms. The Balaban J connectivity index is 2.33.